The molecule has 0 aromatic heterocycles. The Morgan fingerprint density at radius 3 is 1.71 bits per heavy atom. The van der Waals surface area contributed by atoms with Crippen molar-refractivity contribution in [2.45, 2.75) is 0 Å². The molecule has 0 saturated carbocycles. The lowest BCUT2D eigenvalue weighted by atomic mass is 10.8. The molecule has 0 bridgehead atoms. The molecule has 0 rings (SSSR count). The van der Waals surface area contributed by atoms with E-state index in [2.05, 4.69) is 0 Å². The number of hydrogen-bond donors (Lipinski definition) is 3. The average molecular weight is 112 g/mol. The molecule has 3 N–H and O–H groups in total. The lowest BCUT2D eigenvalue weighted by molar-refractivity contribution is -0.176. The normalized spacial score (nSPS) is 6.14. The number of carboxylic acids is 1. The van der Waals surface area contributed by atoms with E-state index in [0.717, 1.165) is 0 Å². The number of carboxylic acid groups (broad SMARTS) is 1. The van der Waals surface area contributed by atoms with Crippen LogP contribution in [0.25, 0.3) is 0 Å². The summed E-state index contributed by atoms with van der Waals surface area (Å²) in [6.45, 7) is -1.28. The molecule has 0 unspecified atom stereocenters. The van der Waals surface area contributed by atoms with Crippen molar-refractivity contribution >= 4 is 5.97 Å². The van der Waals surface area contributed by atoms with Crippen LogP contribution in [-0.2, 0) is 4.79 Å². The number of aliphatic carboxylic acids is 1. The van der Waals surface area contributed by atoms with Gasteiger partial charge in [0, 0.05) is 0 Å². The molecule has 0 aromatic rings. The van der Waals surface area contributed by atoms with Gasteiger partial charge in [-0.3, -0.25) is 10.5 Å². The van der Waals surface area contributed by atoms with Crippen LogP contribution in [0.15, 0.2) is 0 Å². The van der Waals surface area contributed by atoms with Gasteiger partial charge in [0.25, 0.3) is 0 Å². The molecule has 0 saturated heterocycles. The molecule has 0 radical (unpaired) electrons. The lowest BCUT2D eigenvalue weighted by Gasteiger charge is -1.69. The van der Waals surface area contributed by atoms with E-state index < -0.39 is 12.6 Å². The van der Waals surface area contributed by atoms with Gasteiger partial charge in [-0.2, -0.15) is 0 Å². The molecular weight excluding hydrogens is 107 g/mol. The van der Waals surface area contributed by atoms with Crippen LogP contribution in [0.3, 0.4) is 0 Å². The first kappa shape index (κ1) is 9.58. The van der Waals surface area contributed by atoms with Crippen LogP contribution in [0.5, 0.6) is 0 Å². The van der Waals surface area contributed by atoms with Crippen molar-refractivity contribution in [3.63, 3.8) is 0 Å². The molecular formula is C2H5FO4. The van der Waals surface area contributed by atoms with Crippen LogP contribution in [0.2, 0.25) is 0 Å². The molecule has 7 heavy (non-hydrogen) atoms. The predicted octanol–water partition coefficient (Wildman–Crippen LogP) is 0.0579. The second-order valence-electron chi connectivity index (χ2n) is 0.527. The molecule has 0 heterocycles. The summed E-state index contributed by atoms with van der Waals surface area (Å²) in [6, 6.07) is 0. The van der Waals surface area contributed by atoms with Crippen molar-refractivity contribution in [3.05, 3.63) is 0 Å². The molecule has 5 heteroatoms. The third-order valence-electron chi connectivity index (χ3n) is 0.114. The minimum Gasteiger partial charge on any atom is -0.479 e. The van der Waals surface area contributed by atoms with Gasteiger partial charge in [0.2, 0.25) is 0 Å². The van der Waals surface area contributed by atoms with Crippen molar-refractivity contribution in [1.29, 1.82) is 0 Å². The van der Waals surface area contributed by atoms with Gasteiger partial charge >= 0.3 is 5.97 Å². The van der Waals surface area contributed by atoms with Crippen molar-refractivity contribution in [1.82, 2.24) is 0 Å². The smallest absolute Gasteiger partial charge is 0.335 e. The minimum absolute atomic E-state index is 1.28. The zero-order valence-electron chi connectivity index (χ0n) is 3.33. The predicted molar refractivity (Wildman–Crippen MR) is 18.9 cm³/mol. The topological polar surface area (TPSA) is 77.8 Å². The Bertz CT molecular complexity index is 45.0. The van der Waals surface area contributed by atoms with Gasteiger partial charge < -0.3 is 5.11 Å². The molecule has 4 nitrogen and oxygen atoms in total. The van der Waals surface area contributed by atoms with E-state index in [1.807, 2.05) is 0 Å². The van der Waals surface area contributed by atoms with E-state index >= 15 is 0 Å². The summed E-state index contributed by atoms with van der Waals surface area (Å²) in [5.74, 6) is -1.41. The molecule has 0 atom stereocenters. The highest BCUT2D eigenvalue weighted by Gasteiger charge is 1.85. The second kappa shape index (κ2) is 9.01. The summed E-state index contributed by atoms with van der Waals surface area (Å²) in [6.07, 6.45) is 0. The van der Waals surface area contributed by atoms with E-state index in [1.165, 1.54) is 0 Å². The quantitative estimate of drug-likeness (QED) is 0.331. The summed E-state index contributed by atoms with van der Waals surface area (Å²) in [7, 11) is 0. The van der Waals surface area contributed by atoms with Gasteiger partial charge in [-0.1, -0.05) is 0 Å². The third kappa shape index (κ3) is 33.7. The fraction of sp³-hybridized carbons (Fsp3) is 0.500. The molecule has 0 spiro atoms. The van der Waals surface area contributed by atoms with Gasteiger partial charge in [-0.25, -0.2) is 9.18 Å². The Balaban J connectivity index is 0. The van der Waals surface area contributed by atoms with Crippen molar-refractivity contribution < 1.29 is 24.8 Å². The van der Waals surface area contributed by atoms with Crippen molar-refractivity contribution in [3.8, 4) is 0 Å². The monoisotopic (exact) mass is 112 g/mol. The van der Waals surface area contributed by atoms with Crippen LogP contribution in [0.1, 0.15) is 0 Å². The summed E-state index contributed by atoms with van der Waals surface area (Å²) < 4.78 is 10.5. The largest absolute Gasteiger partial charge is 0.479 e. The fourth-order valence-electron chi connectivity index (χ4n) is 0. The first-order chi connectivity index (χ1) is 3.27. The Labute approximate surface area is 38.7 Å². The highest BCUT2D eigenvalue weighted by Crippen LogP contribution is 1.60. The Kier molecular flexibility index (Phi) is 12.3. The van der Waals surface area contributed by atoms with Gasteiger partial charge in [0.15, 0.2) is 6.67 Å². The van der Waals surface area contributed by atoms with Crippen molar-refractivity contribution in [2.75, 3.05) is 6.67 Å². The van der Waals surface area contributed by atoms with E-state index in [1.54, 1.807) is 0 Å². The second-order valence-corrected chi connectivity index (χ2v) is 0.527. The number of alkyl halides is 1. The third-order valence-corrected chi connectivity index (χ3v) is 0.114. The SMILES string of the molecule is O=C(O)CF.OO. The number of halogens is 1. The molecule has 44 valence electrons. The van der Waals surface area contributed by atoms with Crippen LogP contribution in [-0.4, -0.2) is 28.3 Å². The summed E-state index contributed by atoms with van der Waals surface area (Å²) >= 11 is 0. The van der Waals surface area contributed by atoms with Crippen molar-refractivity contribution in [2.24, 2.45) is 0 Å². The van der Waals surface area contributed by atoms with Crippen LogP contribution >= 0.6 is 0 Å². The molecule has 0 aromatic carbocycles. The van der Waals surface area contributed by atoms with E-state index in [4.69, 9.17) is 20.4 Å². The van der Waals surface area contributed by atoms with Gasteiger partial charge in [0.1, 0.15) is 0 Å². The Morgan fingerprint density at radius 2 is 1.71 bits per heavy atom. The first-order valence-corrected chi connectivity index (χ1v) is 1.25. The molecule has 0 fully saturated rings. The van der Waals surface area contributed by atoms with Crippen LogP contribution in [0, 0.1) is 0 Å². The lowest BCUT2D eigenvalue weighted by Crippen LogP contribution is -1.93. The molecule has 0 aliphatic rings. The zero-order valence-corrected chi connectivity index (χ0v) is 3.33. The molecule has 0 amide bonds. The Hall–Kier alpha value is -0.680. The molecule has 0 aliphatic heterocycles. The van der Waals surface area contributed by atoms with E-state index in [9.17, 15) is 4.39 Å². The minimum atomic E-state index is -1.41. The summed E-state index contributed by atoms with van der Waals surface area (Å²) in [4.78, 5) is 8.99. The van der Waals surface area contributed by atoms with Gasteiger partial charge in [-0.15, -0.1) is 0 Å². The highest BCUT2D eigenvalue weighted by atomic mass is 19.1. The maximum Gasteiger partial charge on any atom is 0.335 e. The summed E-state index contributed by atoms with van der Waals surface area (Å²) in [5, 5.41) is 19.3. The maximum atomic E-state index is 10.5. The maximum absolute atomic E-state index is 10.5. The number of carbonyl (C=O) groups is 1. The number of rotatable bonds is 1. The van der Waals surface area contributed by atoms with Crippen LogP contribution < -0.4 is 0 Å². The molecule has 0 aliphatic carbocycles. The van der Waals surface area contributed by atoms with E-state index in [0.29, 0.717) is 0 Å². The van der Waals surface area contributed by atoms with E-state index in [-0.39, 0.29) is 0 Å². The standard InChI is InChI=1S/C2H3FO2.H2O2/c3-1-2(4)5;1-2/h1H2,(H,4,5);1-2H. The number of hydrogen-bond acceptors (Lipinski definition) is 3. The average Bonchev–Trinajstić information content (AvgIpc) is 1.73. The van der Waals surface area contributed by atoms with Gasteiger partial charge in [-0.05, 0) is 0 Å². The Morgan fingerprint density at radius 1 is 1.57 bits per heavy atom. The first-order valence-electron chi connectivity index (χ1n) is 1.25. The highest BCUT2D eigenvalue weighted by molar-refractivity contribution is 5.67. The van der Waals surface area contributed by atoms with Crippen LogP contribution in [0.4, 0.5) is 4.39 Å². The summed E-state index contributed by atoms with van der Waals surface area (Å²) in [5.41, 5.74) is 0. The van der Waals surface area contributed by atoms with Gasteiger partial charge in [0.05, 0.1) is 0 Å². The zero-order chi connectivity index (χ0) is 6.28. The fourth-order valence-corrected chi connectivity index (χ4v) is 0.